The van der Waals surface area contributed by atoms with E-state index in [0.717, 1.165) is 11.1 Å². The summed E-state index contributed by atoms with van der Waals surface area (Å²) in [7, 11) is 0. The van der Waals surface area contributed by atoms with Crippen LogP contribution >= 0.6 is 0 Å². The molecule has 0 aliphatic carbocycles. The van der Waals surface area contributed by atoms with Gasteiger partial charge in [-0.05, 0) is 43.3 Å². The van der Waals surface area contributed by atoms with Crippen molar-refractivity contribution in [3.8, 4) is 22.9 Å². The molecule has 1 aromatic heterocycles. The van der Waals surface area contributed by atoms with Crippen LogP contribution in [0, 0.1) is 0 Å². The highest BCUT2D eigenvalue weighted by Crippen LogP contribution is 2.24. The molecule has 0 radical (unpaired) electrons. The Bertz CT molecular complexity index is 782. The van der Waals surface area contributed by atoms with Crippen molar-refractivity contribution in [2.24, 2.45) is 0 Å². The van der Waals surface area contributed by atoms with Crippen LogP contribution in [0.1, 0.15) is 6.92 Å². The quantitative estimate of drug-likeness (QED) is 0.789. The summed E-state index contributed by atoms with van der Waals surface area (Å²) in [5.41, 5.74) is 2.27. The van der Waals surface area contributed by atoms with E-state index in [1.54, 1.807) is 31.2 Å². The summed E-state index contributed by atoms with van der Waals surface area (Å²) in [4.78, 5) is 11.4. The summed E-state index contributed by atoms with van der Waals surface area (Å²) in [6.07, 6.45) is -0.482. The fourth-order valence-electron chi connectivity index (χ4n) is 2.02. The van der Waals surface area contributed by atoms with Gasteiger partial charge in [-0.2, -0.15) is 0 Å². The first-order chi connectivity index (χ1) is 11.3. The number of nitrogens with zero attached hydrogens (tertiary/aromatic N) is 2. The second kappa shape index (κ2) is 6.74. The van der Waals surface area contributed by atoms with Gasteiger partial charge in [-0.3, -0.25) is 5.32 Å². The van der Waals surface area contributed by atoms with Crippen molar-refractivity contribution in [2.45, 2.75) is 6.92 Å². The minimum Gasteiger partial charge on any atom is -0.450 e. The van der Waals surface area contributed by atoms with Gasteiger partial charge in [0.2, 0.25) is 11.8 Å². The zero-order valence-corrected chi connectivity index (χ0v) is 12.5. The lowest BCUT2D eigenvalue weighted by atomic mass is 10.2. The number of carbonyl (C=O) groups is 1. The van der Waals surface area contributed by atoms with Crippen LogP contribution in [0.5, 0.6) is 0 Å². The van der Waals surface area contributed by atoms with Crippen LogP contribution in [0.25, 0.3) is 22.9 Å². The van der Waals surface area contributed by atoms with Gasteiger partial charge in [-0.15, -0.1) is 10.2 Å². The highest BCUT2D eigenvalue weighted by molar-refractivity contribution is 5.84. The molecule has 6 heteroatoms. The zero-order valence-electron chi connectivity index (χ0n) is 12.5. The van der Waals surface area contributed by atoms with E-state index in [9.17, 15) is 4.79 Å². The van der Waals surface area contributed by atoms with E-state index in [1.807, 2.05) is 30.3 Å². The van der Waals surface area contributed by atoms with Gasteiger partial charge in [-0.1, -0.05) is 18.2 Å². The zero-order chi connectivity index (χ0) is 16.1. The number of amides is 1. The lowest BCUT2D eigenvalue weighted by Crippen LogP contribution is -2.12. The standard InChI is InChI=1S/C17H15N3O3/c1-2-22-17(21)18-14-10-8-13(9-11-14)16-20-19-15(23-16)12-6-4-3-5-7-12/h3-11H,2H2,1H3,(H,18,21). The molecule has 0 unspecified atom stereocenters. The number of hydrogen-bond acceptors (Lipinski definition) is 5. The molecule has 3 rings (SSSR count). The molecule has 1 N–H and O–H groups in total. The van der Waals surface area contributed by atoms with Crippen LogP contribution in [0.15, 0.2) is 59.0 Å². The predicted octanol–water partition coefficient (Wildman–Crippen LogP) is 3.97. The van der Waals surface area contributed by atoms with E-state index in [-0.39, 0.29) is 0 Å². The smallest absolute Gasteiger partial charge is 0.411 e. The molecule has 6 nitrogen and oxygen atoms in total. The SMILES string of the molecule is CCOC(=O)Nc1ccc(-c2nnc(-c3ccccc3)o2)cc1. The summed E-state index contributed by atoms with van der Waals surface area (Å²) in [5.74, 6) is 0.890. The average Bonchev–Trinajstić information content (AvgIpc) is 3.07. The highest BCUT2D eigenvalue weighted by Gasteiger charge is 2.10. The van der Waals surface area contributed by atoms with Crippen molar-refractivity contribution in [3.05, 3.63) is 54.6 Å². The maximum atomic E-state index is 11.4. The van der Waals surface area contributed by atoms with Crippen LogP contribution in [0.3, 0.4) is 0 Å². The Kier molecular flexibility index (Phi) is 4.33. The molecule has 0 aliphatic rings. The first kappa shape index (κ1) is 14.8. The van der Waals surface area contributed by atoms with Gasteiger partial charge in [-0.25, -0.2) is 4.79 Å². The number of anilines is 1. The molecule has 0 atom stereocenters. The second-order valence-electron chi connectivity index (χ2n) is 4.70. The molecule has 1 heterocycles. The van der Waals surface area contributed by atoms with Crippen molar-refractivity contribution in [1.29, 1.82) is 0 Å². The molecule has 0 fully saturated rings. The van der Waals surface area contributed by atoms with Gasteiger partial charge in [0.05, 0.1) is 6.61 Å². The Morgan fingerprint density at radius 2 is 1.61 bits per heavy atom. The molecule has 2 aromatic carbocycles. The fourth-order valence-corrected chi connectivity index (χ4v) is 2.02. The van der Waals surface area contributed by atoms with Gasteiger partial charge < -0.3 is 9.15 Å². The van der Waals surface area contributed by atoms with E-state index in [1.165, 1.54) is 0 Å². The van der Waals surface area contributed by atoms with E-state index in [2.05, 4.69) is 15.5 Å². The molecule has 0 saturated heterocycles. The molecule has 1 amide bonds. The maximum Gasteiger partial charge on any atom is 0.411 e. The number of hydrogen-bond donors (Lipinski definition) is 1. The summed E-state index contributed by atoms with van der Waals surface area (Å²) < 4.78 is 10.5. The summed E-state index contributed by atoms with van der Waals surface area (Å²) in [6.45, 7) is 2.08. The molecular formula is C17H15N3O3. The van der Waals surface area contributed by atoms with Crippen LogP contribution in [0.2, 0.25) is 0 Å². The van der Waals surface area contributed by atoms with Crippen LogP contribution in [-0.2, 0) is 4.74 Å². The largest absolute Gasteiger partial charge is 0.450 e. The van der Waals surface area contributed by atoms with E-state index in [0.29, 0.717) is 24.1 Å². The third kappa shape index (κ3) is 3.55. The van der Waals surface area contributed by atoms with E-state index in [4.69, 9.17) is 9.15 Å². The predicted molar refractivity (Wildman–Crippen MR) is 85.8 cm³/mol. The number of nitrogens with one attached hydrogen (secondary N) is 1. The number of benzene rings is 2. The second-order valence-corrected chi connectivity index (χ2v) is 4.70. The van der Waals surface area contributed by atoms with Crippen molar-refractivity contribution in [3.63, 3.8) is 0 Å². The third-order valence-corrected chi connectivity index (χ3v) is 3.10. The highest BCUT2D eigenvalue weighted by atomic mass is 16.5. The minimum absolute atomic E-state index is 0.328. The summed E-state index contributed by atoms with van der Waals surface area (Å²) >= 11 is 0. The number of rotatable bonds is 4. The Morgan fingerprint density at radius 1 is 1.00 bits per heavy atom. The van der Waals surface area contributed by atoms with Crippen molar-refractivity contribution in [1.82, 2.24) is 10.2 Å². The van der Waals surface area contributed by atoms with Crippen molar-refractivity contribution < 1.29 is 13.9 Å². The first-order valence-corrected chi connectivity index (χ1v) is 7.19. The Hall–Kier alpha value is -3.15. The van der Waals surface area contributed by atoms with Crippen LogP contribution < -0.4 is 5.32 Å². The molecule has 3 aromatic rings. The average molecular weight is 309 g/mol. The number of ether oxygens (including phenoxy) is 1. The summed E-state index contributed by atoms with van der Waals surface area (Å²) in [6, 6.07) is 16.7. The number of carbonyl (C=O) groups excluding carboxylic acids is 1. The molecule has 0 spiro atoms. The minimum atomic E-state index is -0.482. The normalized spacial score (nSPS) is 10.3. The molecule has 116 valence electrons. The lowest BCUT2D eigenvalue weighted by Gasteiger charge is -2.05. The monoisotopic (exact) mass is 309 g/mol. The van der Waals surface area contributed by atoms with Gasteiger partial charge in [0.1, 0.15) is 0 Å². The molecule has 0 saturated carbocycles. The fraction of sp³-hybridized carbons (Fsp3) is 0.118. The Morgan fingerprint density at radius 3 is 2.22 bits per heavy atom. The maximum absolute atomic E-state index is 11.4. The van der Waals surface area contributed by atoms with Crippen molar-refractivity contribution in [2.75, 3.05) is 11.9 Å². The topological polar surface area (TPSA) is 77.2 Å². The van der Waals surface area contributed by atoms with Gasteiger partial charge >= 0.3 is 6.09 Å². The van der Waals surface area contributed by atoms with Crippen molar-refractivity contribution >= 4 is 11.8 Å². The first-order valence-electron chi connectivity index (χ1n) is 7.19. The lowest BCUT2D eigenvalue weighted by molar-refractivity contribution is 0.168. The van der Waals surface area contributed by atoms with Gasteiger partial charge in [0.15, 0.2) is 0 Å². The van der Waals surface area contributed by atoms with Gasteiger partial charge in [0, 0.05) is 16.8 Å². The number of aromatic nitrogens is 2. The Labute approximate surface area is 133 Å². The molecular weight excluding hydrogens is 294 g/mol. The van der Waals surface area contributed by atoms with Crippen LogP contribution in [-0.4, -0.2) is 22.9 Å². The molecule has 23 heavy (non-hydrogen) atoms. The summed E-state index contributed by atoms with van der Waals surface area (Å²) in [5, 5.41) is 10.7. The van der Waals surface area contributed by atoms with Crippen LogP contribution in [0.4, 0.5) is 10.5 Å². The van der Waals surface area contributed by atoms with E-state index >= 15 is 0 Å². The molecule has 0 aliphatic heterocycles. The van der Waals surface area contributed by atoms with Gasteiger partial charge in [0.25, 0.3) is 0 Å². The van der Waals surface area contributed by atoms with E-state index < -0.39 is 6.09 Å². The third-order valence-electron chi connectivity index (χ3n) is 3.10. The Balaban J connectivity index is 1.75. The molecule has 0 bridgehead atoms.